The van der Waals surface area contributed by atoms with Crippen molar-refractivity contribution in [2.24, 2.45) is 0 Å². The lowest BCUT2D eigenvalue weighted by Crippen LogP contribution is -2.30. The van der Waals surface area contributed by atoms with E-state index in [0.717, 1.165) is 18.3 Å². The molecular formula is C8H15N5. The standard InChI is InChI=1S/C8H15N5/c1-6-10-7(2)12-8(11-6)13(4)5-9-3/h9H,5H2,1-4H3. The minimum atomic E-state index is 0.708. The summed E-state index contributed by atoms with van der Waals surface area (Å²) in [4.78, 5) is 14.5. The summed E-state index contributed by atoms with van der Waals surface area (Å²) >= 11 is 0. The molecule has 13 heavy (non-hydrogen) atoms. The van der Waals surface area contributed by atoms with Crippen LogP contribution >= 0.6 is 0 Å². The van der Waals surface area contributed by atoms with Crippen molar-refractivity contribution in [3.8, 4) is 0 Å². The number of rotatable bonds is 3. The van der Waals surface area contributed by atoms with Crippen LogP contribution in [0.3, 0.4) is 0 Å². The first kappa shape index (κ1) is 9.85. The van der Waals surface area contributed by atoms with Crippen molar-refractivity contribution < 1.29 is 0 Å². The third-order valence-electron chi connectivity index (χ3n) is 1.58. The summed E-state index contributed by atoms with van der Waals surface area (Å²) in [5, 5.41) is 3.03. The van der Waals surface area contributed by atoms with Crippen LogP contribution in [0.25, 0.3) is 0 Å². The monoisotopic (exact) mass is 181 g/mol. The average Bonchev–Trinajstić information content (AvgIpc) is 2.03. The number of hydrogen-bond acceptors (Lipinski definition) is 5. The Morgan fingerprint density at radius 2 is 1.69 bits per heavy atom. The SMILES string of the molecule is CNCN(C)c1nc(C)nc(C)n1. The quantitative estimate of drug-likeness (QED) is 0.670. The zero-order valence-corrected chi connectivity index (χ0v) is 8.50. The maximum Gasteiger partial charge on any atom is 0.229 e. The lowest BCUT2D eigenvalue weighted by atomic mass is 10.6. The van der Waals surface area contributed by atoms with Gasteiger partial charge in [-0.3, -0.25) is 0 Å². The topological polar surface area (TPSA) is 53.9 Å². The summed E-state index contributed by atoms with van der Waals surface area (Å²) in [6.45, 7) is 4.46. The molecule has 0 aliphatic carbocycles. The highest BCUT2D eigenvalue weighted by Gasteiger charge is 2.04. The Labute approximate surface area is 78.2 Å². The van der Waals surface area contributed by atoms with E-state index in [9.17, 15) is 0 Å². The Morgan fingerprint density at radius 3 is 2.15 bits per heavy atom. The molecule has 1 aromatic rings. The minimum absolute atomic E-state index is 0.708. The summed E-state index contributed by atoms with van der Waals surface area (Å²) < 4.78 is 0. The number of aromatic nitrogens is 3. The number of anilines is 1. The Bertz CT molecular complexity index is 266. The molecule has 5 heteroatoms. The molecule has 0 amide bonds. The molecule has 0 fully saturated rings. The maximum absolute atomic E-state index is 4.22. The second-order valence-corrected chi connectivity index (χ2v) is 2.94. The zero-order chi connectivity index (χ0) is 9.84. The van der Waals surface area contributed by atoms with Crippen LogP contribution in [0.2, 0.25) is 0 Å². The van der Waals surface area contributed by atoms with Gasteiger partial charge in [0.25, 0.3) is 0 Å². The molecule has 5 nitrogen and oxygen atoms in total. The summed E-state index contributed by atoms with van der Waals surface area (Å²) in [5.41, 5.74) is 0. The van der Waals surface area contributed by atoms with E-state index in [2.05, 4.69) is 20.3 Å². The lowest BCUT2D eigenvalue weighted by Gasteiger charge is -2.16. The van der Waals surface area contributed by atoms with Gasteiger partial charge in [-0.15, -0.1) is 0 Å². The Kier molecular flexibility index (Phi) is 3.13. The van der Waals surface area contributed by atoms with Gasteiger partial charge in [-0.25, -0.2) is 4.98 Å². The molecule has 0 aliphatic heterocycles. The summed E-state index contributed by atoms with van der Waals surface area (Å²) in [7, 11) is 3.82. The number of hydrogen-bond donors (Lipinski definition) is 1. The van der Waals surface area contributed by atoms with Crippen LogP contribution in [-0.4, -0.2) is 35.7 Å². The predicted molar refractivity (Wildman–Crippen MR) is 51.6 cm³/mol. The second-order valence-electron chi connectivity index (χ2n) is 2.94. The molecule has 0 aliphatic rings. The highest BCUT2D eigenvalue weighted by atomic mass is 15.3. The van der Waals surface area contributed by atoms with Crippen LogP contribution in [-0.2, 0) is 0 Å². The largest absolute Gasteiger partial charge is 0.331 e. The lowest BCUT2D eigenvalue weighted by molar-refractivity contribution is 0.741. The third kappa shape index (κ3) is 2.62. The first-order valence-corrected chi connectivity index (χ1v) is 4.18. The predicted octanol–water partition coefficient (Wildman–Crippen LogP) is 0.102. The van der Waals surface area contributed by atoms with Gasteiger partial charge in [0.1, 0.15) is 11.6 Å². The zero-order valence-electron chi connectivity index (χ0n) is 8.50. The van der Waals surface area contributed by atoms with E-state index in [-0.39, 0.29) is 0 Å². The van der Waals surface area contributed by atoms with Gasteiger partial charge in [-0.2, -0.15) is 9.97 Å². The van der Waals surface area contributed by atoms with Gasteiger partial charge < -0.3 is 10.2 Å². The fraction of sp³-hybridized carbons (Fsp3) is 0.625. The minimum Gasteiger partial charge on any atom is -0.331 e. The van der Waals surface area contributed by atoms with Gasteiger partial charge in [-0.05, 0) is 20.9 Å². The summed E-state index contributed by atoms with van der Waals surface area (Å²) in [5.74, 6) is 2.22. The van der Waals surface area contributed by atoms with Crippen molar-refractivity contribution in [1.29, 1.82) is 0 Å². The van der Waals surface area contributed by atoms with Gasteiger partial charge in [0, 0.05) is 7.05 Å². The first-order chi connectivity index (χ1) is 6.13. The number of nitrogens with zero attached hydrogens (tertiary/aromatic N) is 4. The van der Waals surface area contributed by atoms with Crippen LogP contribution in [0.5, 0.6) is 0 Å². The van der Waals surface area contributed by atoms with Crippen LogP contribution in [0.15, 0.2) is 0 Å². The fourth-order valence-corrected chi connectivity index (χ4v) is 1.08. The van der Waals surface area contributed by atoms with Crippen molar-refractivity contribution in [2.45, 2.75) is 13.8 Å². The van der Waals surface area contributed by atoms with Gasteiger partial charge in [0.05, 0.1) is 6.67 Å². The Balaban J connectivity index is 2.87. The number of nitrogens with one attached hydrogen (secondary N) is 1. The van der Waals surface area contributed by atoms with Crippen LogP contribution in [0, 0.1) is 13.8 Å². The molecule has 0 atom stereocenters. The molecule has 1 rings (SSSR count). The van der Waals surface area contributed by atoms with Gasteiger partial charge in [-0.1, -0.05) is 0 Å². The third-order valence-corrected chi connectivity index (χ3v) is 1.58. The van der Waals surface area contributed by atoms with Gasteiger partial charge in [0.15, 0.2) is 0 Å². The second kappa shape index (κ2) is 4.13. The van der Waals surface area contributed by atoms with Crippen LogP contribution in [0.4, 0.5) is 5.95 Å². The molecule has 1 aromatic heterocycles. The summed E-state index contributed by atoms with van der Waals surface area (Å²) in [6, 6.07) is 0. The molecule has 0 unspecified atom stereocenters. The molecule has 1 heterocycles. The van der Waals surface area contributed by atoms with E-state index in [1.54, 1.807) is 0 Å². The van der Waals surface area contributed by atoms with Crippen molar-refractivity contribution in [1.82, 2.24) is 20.3 Å². The normalized spacial score (nSPS) is 10.2. The van der Waals surface area contributed by atoms with Gasteiger partial charge in [0.2, 0.25) is 5.95 Å². The Hall–Kier alpha value is -1.23. The molecule has 0 aromatic carbocycles. The molecule has 0 spiro atoms. The van der Waals surface area contributed by atoms with E-state index >= 15 is 0 Å². The average molecular weight is 181 g/mol. The van der Waals surface area contributed by atoms with Crippen molar-refractivity contribution in [3.05, 3.63) is 11.6 Å². The van der Waals surface area contributed by atoms with Crippen molar-refractivity contribution in [2.75, 3.05) is 25.7 Å². The van der Waals surface area contributed by atoms with E-state index < -0.39 is 0 Å². The van der Waals surface area contributed by atoms with Crippen molar-refractivity contribution >= 4 is 5.95 Å². The first-order valence-electron chi connectivity index (χ1n) is 4.18. The van der Waals surface area contributed by atoms with Crippen molar-refractivity contribution in [3.63, 3.8) is 0 Å². The Morgan fingerprint density at radius 1 is 1.15 bits per heavy atom. The van der Waals surface area contributed by atoms with E-state index in [4.69, 9.17) is 0 Å². The number of aryl methyl sites for hydroxylation is 2. The van der Waals surface area contributed by atoms with E-state index in [1.165, 1.54) is 0 Å². The maximum atomic E-state index is 4.22. The molecular weight excluding hydrogens is 166 g/mol. The highest BCUT2D eigenvalue weighted by Crippen LogP contribution is 2.03. The molecule has 0 bridgehead atoms. The molecule has 0 saturated carbocycles. The smallest absolute Gasteiger partial charge is 0.229 e. The van der Waals surface area contributed by atoms with E-state index in [0.29, 0.717) is 5.95 Å². The van der Waals surface area contributed by atoms with Crippen LogP contribution in [0.1, 0.15) is 11.6 Å². The fourth-order valence-electron chi connectivity index (χ4n) is 1.08. The molecule has 72 valence electrons. The highest BCUT2D eigenvalue weighted by molar-refractivity contribution is 5.27. The van der Waals surface area contributed by atoms with Gasteiger partial charge >= 0.3 is 0 Å². The summed E-state index contributed by atoms with van der Waals surface area (Å²) in [6.07, 6.45) is 0. The van der Waals surface area contributed by atoms with E-state index in [1.807, 2.05) is 32.8 Å². The molecule has 1 N–H and O–H groups in total. The molecule has 0 saturated heterocycles. The van der Waals surface area contributed by atoms with Crippen LogP contribution < -0.4 is 10.2 Å². The molecule has 0 radical (unpaired) electrons.